The summed E-state index contributed by atoms with van der Waals surface area (Å²) in [6.45, 7) is 2.41. The van der Waals surface area contributed by atoms with Crippen LogP contribution in [0.3, 0.4) is 0 Å². The summed E-state index contributed by atoms with van der Waals surface area (Å²) in [6.07, 6.45) is 5.26. The lowest BCUT2D eigenvalue weighted by atomic mass is 10.4. The molecule has 2 heterocycles. The van der Waals surface area contributed by atoms with Crippen molar-refractivity contribution in [2.24, 2.45) is 7.05 Å². The molecule has 80 valence electrons. The molecule has 0 saturated heterocycles. The second-order valence-corrected chi connectivity index (χ2v) is 3.19. The second kappa shape index (κ2) is 4.65. The Kier molecular flexibility index (Phi) is 3.03. The Morgan fingerprint density at radius 3 is 2.93 bits per heavy atom. The summed E-state index contributed by atoms with van der Waals surface area (Å²) in [7, 11) is 1.88. The zero-order valence-corrected chi connectivity index (χ0v) is 8.54. The molecule has 0 unspecified atom stereocenters. The number of nitrogens with one attached hydrogen (secondary N) is 1. The number of aromatic nitrogens is 6. The van der Waals surface area contributed by atoms with Gasteiger partial charge in [0.1, 0.15) is 0 Å². The molecule has 2 aromatic rings. The summed E-state index contributed by atoms with van der Waals surface area (Å²) in [5.41, 5.74) is 1.06. The fourth-order valence-corrected chi connectivity index (χ4v) is 1.23. The highest BCUT2D eigenvalue weighted by molar-refractivity contribution is 4.91. The van der Waals surface area contributed by atoms with Crippen LogP contribution in [0.5, 0.6) is 0 Å². The van der Waals surface area contributed by atoms with Crippen LogP contribution < -0.4 is 5.32 Å². The Bertz CT molecular complexity index is 391. The van der Waals surface area contributed by atoms with Gasteiger partial charge in [0, 0.05) is 26.3 Å². The van der Waals surface area contributed by atoms with Crippen LogP contribution in [0.2, 0.25) is 0 Å². The van der Waals surface area contributed by atoms with Gasteiger partial charge in [0.2, 0.25) is 0 Å². The molecule has 0 bridgehead atoms. The minimum Gasteiger partial charge on any atom is -0.309 e. The Hall–Kier alpha value is -1.76. The van der Waals surface area contributed by atoms with Gasteiger partial charge in [-0.1, -0.05) is 10.4 Å². The molecule has 0 aliphatic heterocycles. The Morgan fingerprint density at radius 1 is 1.33 bits per heavy atom. The largest absolute Gasteiger partial charge is 0.309 e. The molecule has 0 amide bonds. The van der Waals surface area contributed by atoms with E-state index >= 15 is 0 Å². The van der Waals surface area contributed by atoms with Crippen molar-refractivity contribution in [1.29, 1.82) is 0 Å². The standard InChI is InChI=1S/C8H13N7/c1-14-8(7-11-12-14)6-9-2-4-15-5-3-10-13-15/h3,5,7,9H,2,4,6H2,1H3. The lowest BCUT2D eigenvalue weighted by molar-refractivity contribution is 0.529. The van der Waals surface area contributed by atoms with E-state index < -0.39 is 0 Å². The predicted molar refractivity (Wildman–Crippen MR) is 52.7 cm³/mol. The van der Waals surface area contributed by atoms with Crippen LogP contribution in [0.4, 0.5) is 0 Å². The average Bonchev–Trinajstić information content (AvgIpc) is 2.85. The first-order valence-corrected chi connectivity index (χ1v) is 4.74. The van der Waals surface area contributed by atoms with Crippen LogP contribution in [-0.4, -0.2) is 36.5 Å². The number of nitrogens with zero attached hydrogens (tertiary/aromatic N) is 6. The van der Waals surface area contributed by atoms with E-state index in [1.54, 1.807) is 21.8 Å². The van der Waals surface area contributed by atoms with Gasteiger partial charge in [-0.2, -0.15) is 0 Å². The summed E-state index contributed by atoms with van der Waals surface area (Å²) in [4.78, 5) is 0. The molecule has 2 aromatic heterocycles. The van der Waals surface area contributed by atoms with Crippen LogP contribution >= 0.6 is 0 Å². The molecular formula is C8H13N7. The third-order valence-corrected chi connectivity index (χ3v) is 2.10. The van der Waals surface area contributed by atoms with Crippen molar-refractivity contribution in [3.05, 3.63) is 24.3 Å². The van der Waals surface area contributed by atoms with Crippen LogP contribution in [0.15, 0.2) is 18.6 Å². The maximum absolute atomic E-state index is 3.87. The van der Waals surface area contributed by atoms with Crippen LogP contribution in [0.25, 0.3) is 0 Å². The number of aryl methyl sites for hydroxylation is 1. The highest BCUT2D eigenvalue weighted by atomic mass is 15.4. The smallest absolute Gasteiger partial charge is 0.0738 e. The van der Waals surface area contributed by atoms with E-state index in [1.165, 1.54) is 0 Å². The molecule has 0 radical (unpaired) electrons. The van der Waals surface area contributed by atoms with E-state index in [-0.39, 0.29) is 0 Å². The van der Waals surface area contributed by atoms with Crippen molar-refractivity contribution >= 4 is 0 Å². The normalized spacial score (nSPS) is 10.7. The Labute approximate surface area is 87.1 Å². The lowest BCUT2D eigenvalue weighted by Crippen LogP contribution is -2.21. The summed E-state index contributed by atoms with van der Waals surface area (Å²) < 4.78 is 3.54. The summed E-state index contributed by atoms with van der Waals surface area (Å²) in [6, 6.07) is 0. The van der Waals surface area contributed by atoms with Gasteiger partial charge >= 0.3 is 0 Å². The van der Waals surface area contributed by atoms with E-state index in [0.29, 0.717) is 0 Å². The predicted octanol–water partition coefficient (Wildman–Crippen LogP) is -0.804. The summed E-state index contributed by atoms with van der Waals surface area (Å²) in [5, 5.41) is 18.5. The Balaban J connectivity index is 1.70. The molecule has 7 heteroatoms. The topological polar surface area (TPSA) is 73.5 Å². The van der Waals surface area contributed by atoms with Crippen molar-refractivity contribution < 1.29 is 0 Å². The maximum Gasteiger partial charge on any atom is 0.0738 e. The highest BCUT2D eigenvalue weighted by Gasteiger charge is 1.98. The van der Waals surface area contributed by atoms with Crippen LogP contribution in [0.1, 0.15) is 5.69 Å². The van der Waals surface area contributed by atoms with Crippen molar-refractivity contribution in [2.75, 3.05) is 6.54 Å². The van der Waals surface area contributed by atoms with E-state index in [2.05, 4.69) is 25.9 Å². The van der Waals surface area contributed by atoms with Gasteiger partial charge in [-0.3, -0.25) is 9.36 Å². The van der Waals surface area contributed by atoms with Gasteiger partial charge in [-0.25, -0.2) is 0 Å². The first-order chi connectivity index (χ1) is 7.36. The molecule has 0 saturated carbocycles. The summed E-state index contributed by atoms with van der Waals surface area (Å²) >= 11 is 0. The second-order valence-electron chi connectivity index (χ2n) is 3.19. The SMILES string of the molecule is Cn1nncc1CNCCn1ccnn1. The maximum atomic E-state index is 3.87. The van der Waals surface area contributed by atoms with Gasteiger partial charge in [0.25, 0.3) is 0 Å². The fraction of sp³-hybridized carbons (Fsp3) is 0.500. The monoisotopic (exact) mass is 207 g/mol. The van der Waals surface area contributed by atoms with E-state index in [1.807, 2.05) is 13.2 Å². The molecular weight excluding hydrogens is 194 g/mol. The van der Waals surface area contributed by atoms with Crippen molar-refractivity contribution in [3.8, 4) is 0 Å². The molecule has 0 spiro atoms. The molecule has 15 heavy (non-hydrogen) atoms. The van der Waals surface area contributed by atoms with Crippen molar-refractivity contribution in [3.63, 3.8) is 0 Å². The first-order valence-electron chi connectivity index (χ1n) is 4.74. The van der Waals surface area contributed by atoms with Crippen LogP contribution in [0, 0.1) is 0 Å². The molecule has 0 aliphatic carbocycles. The van der Waals surface area contributed by atoms with Gasteiger partial charge in [-0.05, 0) is 0 Å². The average molecular weight is 207 g/mol. The Morgan fingerprint density at radius 2 is 2.27 bits per heavy atom. The third-order valence-electron chi connectivity index (χ3n) is 2.10. The van der Waals surface area contributed by atoms with E-state index in [0.717, 1.165) is 25.3 Å². The van der Waals surface area contributed by atoms with Gasteiger partial charge < -0.3 is 5.32 Å². The van der Waals surface area contributed by atoms with Crippen LogP contribution in [-0.2, 0) is 20.1 Å². The first kappa shape index (κ1) is 9.78. The van der Waals surface area contributed by atoms with Gasteiger partial charge in [0.15, 0.2) is 0 Å². The fourth-order valence-electron chi connectivity index (χ4n) is 1.23. The van der Waals surface area contributed by atoms with Gasteiger partial charge in [0.05, 0.1) is 24.6 Å². The molecule has 0 aromatic carbocycles. The van der Waals surface area contributed by atoms with Crippen molar-refractivity contribution in [2.45, 2.75) is 13.1 Å². The molecule has 0 fully saturated rings. The minimum absolute atomic E-state index is 0.762. The summed E-state index contributed by atoms with van der Waals surface area (Å²) in [5.74, 6) is 0. The van der Waals surface area contributed by atoms with E-state index in [4.69, 9.17) is 0 Å². The molecule has 0 atom stereocenters. The van der Waals surface area contributed by atoms with E-state index in [9.17, 15) is 0 Å². The quantitative estimate of drug-likeness (QED) is 0.649. The molecule has 1 N–H and O–H groups in total. The minimum atomic E-state index is 0.762. The van der Waals surface area contributed by atoms with Crippen molar-refractivity contribution in [1.82, 2.24) is 35.3 Å². The molecule has 7 nitrogen and oxygen atoms in total. The number of hydrogen-bond acceptors (Lipinski definition) is 5. The molecule has 0 aliphatic rings. The van der Waals surface area contributed by atoms with Gasteiger partial charge in [-0.15, -0.1) is 10.2 Å². The number of rotatable bonds is 5. The molecule has 2 rings (SSSR count). The zero-order valence-electron chi connectivity index (χ0n) is 8.54. The highest BCUT2D eigenvalue weighted by Crippen LogP contribution is 1.91. The lowest BCUT2D eigenvalue weighted by Gasteiger charge is -2.03. The number of hydrogen-bond donors (Lipinski definition) is 1. The third kappa shape index (κ3) is 2.59. The zero-order chi connectivity index (χ0) is 10.5.